The third-order valence-electron chi connectivity index (χ3n) is 14.3. The molecule has 6 aliphatic carbocycles. The zero-order valence-corrected chi connectivity index (χ0v) is 27.2. The van der Waals surface area contributed by atoms with Crippen molar-refractivity contribution < 1.29 is 0 Å². The molecule has 6 saturated carbocycles. The van der Waals surface area contributed by atoms with E-state index in [4.69, 9.17) is 0 Å². The third-order valence-corrected chi connectivity index (χ3v) is 16.6. The van der Waals surface area contributed by atoms with Gasteiger partial charge in [-0.25, -0.2) is 0 Å². The molecule has 0 aromatic rings. The third kappa shape index (κ3) is 5.19. The molecule has 8 rings (SSSR count). The Labute approximate surface area is 255 Å². The number of hydrogen-bond donors (Lipinski definition) is 0. The van der Waals surface area contributed by atoms with Gasteiger partial charge < -0.3 is 0 Å². The van der Waals surface area contributed by atoms with E-state index in [-0.39, 0.29) is 0 Å². The van der Waals surface area contributed by atoms with Crippen LogP contribution >= 0.6 is 23.5 Å². The Morgan fingerprint density at radius 1 is 0.375 bits per heavy atom. The number of rotatable bonds is 6. The van der Waals surface area contributed by atoms with Crippen LogP contribution in [-0.4, -0.2) is 69.1 Å². The van der Waals surface area contributed by atoms with Crippen LogP contribution in [0.4, 0.5) is 0 Å². The molecule has 2 nitrogen and oxygen atoms in total. The fourth-order valence-electron chi connectivity index (χ4n) is 12.9. The van der Waals surface area contributed by atoms with E-state index >= 15 is 0 Å². The van der Waals surface area contributed by atoms with Crippen molar-refractivity contribution >= 4 is 23.5 Å². The maximum absolute atomic E-state index is 3.30. The van der Waals surface area contributed by atoms with Crippen molar-refractivity contribution in [3.05, 3.63) is 0 Å². The van der Waals surface area contributed by atoms with E-state index in [0.717, 1.165) is 71.8 Å². The molecule has 4 heteroatoms. The Morgan fingerprint density at radius 2 is 0.800 bits per heavy atom. The Hall–Kier alpha value is 0.620. The van der Waals surface area contributed by atoms with Crippen LogP contribution in [0, 0.1) is 35.5 Å². The van der Waals surface area contributed by atoms with Gasteiger partial charge in [-0.2, -0.15) is 23.5 Å². The molecular formula is C36H60N2S2. The highest BCUT2D eigenvalue weighted by Crippen LogP contribution is 2.62. The van der Waals surface area contributed by atoms with Crippen molar-refractivity contribution in [1.29, 1.82) is 0 Å². The maximum atomic E-state index is 3.30. The summed E-state index contributed by atoms with van der Waals surface area (Å²) in [5, 5.41) is 0. The van der Waals surface area contributed by atoms with E-state index in [1.807, 2.05) is 0 Å². The minimum Gasteiger partial charge on any atom is -0.293 e. The van der Waals surface area contributed by atoms with Gasteiger partial charge in [0.15, 0.2) is 0 Å². The molecule has 0 radical (unpaired) electrons. The molecular weight excluding hydrogens is 525 g/mol. The second-order valence-electron chi connectivity index (χ2n) is 16.0. The van der Waals surface area contributed by atoms with Crippen molar-refractivity contribution in [3.63, 3.8) is 0 Å². The van der Waals surface area contributed by atoms with Gasteiger partial charge in [-0.1, -0.05) is 38.5 Å². The minimum atomic E-state index is 0.910. The summed E-state index contributed by atoms with van der Waals surface area (Å²) < 4.78 is 0. The van der Waals surface area contributed by atoms with Crippen LogP contribution in [0.1, 0.15) is 128 Å². The monoisotopic (exact) mass is 584 g/mol. The first-order valence-electron chi connectivity index (χ1n) is 18.6. The van der Waals surface area contributed by atoms with E-state index in [1.54, 1.807) is 51.4 Å². The molecule has 0 amide bonds. The van der Waals surface area contributed by atoms with Gasteiger partial charge in [-0.05, 0) is 137 Å². The molecule has 0 N–H and O–H groups in total. The van der Waals surface area contributed by atoms with Gasteiger partial charge in [0.2, 0.25) is 0 Å². The zero-order chi connectivity index (χ0) is 26.5. The second-order valence-corrected chi connectivity index (χ2v) is 18.3. The maximum Gasteiger partial charge on any atom is 0.0200 e. The normalized spacial score (nSPS) is 46.6. The summed E-state index contributed by atoms with van der Waals surface area (Å²) >= 11 is 4.56. The number of hydrogen-bond acceptors (Lipinski definition) is 4. The molecule has 0 aromatic heterocycles. The minimum absolute atomic E-state index is 0.910. The average molecular weight is 585 g/mol. The molecule has 2 aliphatic heterocycles. The van der Waals surface area contributed by atoms with E-state index in [0.29, 0.717) is 0 Å². The molecule has 8 fully saturated rings. The van der Waals surface area contributed by atoms with Crippen molar-refractivity contribution in [2.45, 2.75) is 165 Å². The zero-order valence-electron chi connectivity index (χ0n) is 25.6. The molecule has 0 bridgehead atoms. The summed E-state index contributed by atoms with van der Waals surface area (Å²) in [5.74, 6) is 12.2. The lowest BCUT2D eigenvalue weighted by Gasteiger charge is -2.64. The summed E-state index contributed by atoms with van der Waals surface area (Å²) in [5.41, 5.74) is 0. The SMILES string of the molecule is C1CCC(N(C2CCSC2)C2CCC3CCC4CCC(N(C5CCCCC5)C5CCSC5)C5CCC2C3C45)CC1. The van der Waals surface area contributed by atoms with Gasteiger partial charge in [0, 0.05) is 47.8 Å². The molecule has 10 atom stereocenters. The molecule has 0 aromatic carbocycles. The Kier molecular flexibility index (Phi) is 8.82. The van der Waals surface area contributed by atoms with E-state index in [2.05, 4.69) is 33.3 Å². The standard InChI is InChI=1S/C36H60N2S2/c1-3-7-27(8-4-1)37(29-19-21-39-23-29)33-17-13-25-11-12-26-14-18-34(32-16-15-31(33)35(25)36(26)32)38(30-20-22-40-24-30)28-9-5-2-6-10-28/h25-36H,1-24H2. The topological polar surface area (TPSA) is 6.48 Å². The lowest BCUT2D eigenvalue weighted by molar-refractivity contribution is -0.145. The smallest absolute Gasteiger partial charge is 0.0200 e. The van der Waals surface area contributed by atoms with E-state index in [1.165, 1.54) is 100 Å². The molecule has 0 spiro atoms. The molecule has 2 saturated heterocycles. The fourth-order valence-corrected chi connectivity index (χ4v) is 15.4. The first-order chi connectivity index (χ1) is 19.9. The van der Waals surface area contributed by atoms with Crippen LogP contribution in [0.5, 0.6) is 0 Å². The summed E-state index contributed by atoms with van der Waals surface area (Å²) in [6.07, 6.45) is 30.8. The van der Waals surface area contributed by atoms with Gasteiger partial charge in [0.05, 0.1) is 0 Å². The summed E-state index contributed by atoms with van der Waals surface area (Å²) in [7, 11) is 0. The number of thioether (sulfide) groups is 2. The van der Waals surface area contributed by atoms with Crippen LogP contribution in [-0.2, 0) is 0 Å². The van der Waals surface area contributed by atoms with Crippen molar-refractivity contribution in [2.24, 2.45) is 35.5 Å². The first-order valence-corrected chi connectivity index (χ1v) is 20.9. The van der Waals surface area contributed by atoms with Crippen LogP contribution < -0.4 is 0 Å². The van der Waals surface area contributed by atoms with Gasteiger partial charge >= 0.3 is 0 Å². The van der Waals surface area contributed by atoms with Gasteiger partial charge in [0.25, 0.3) is 0 Å². The van der Waals surface area contributed by atoms with Crippen LogP contribution in [0.25, 0.3) is 0 Å². The Bertz CT molecular complexity index is 759. The van der Waals surface area contributed by atoms with Gasteiger partial charge in [0.1, 0.15) is 0 Å². The summed E-state index contributed by atoms with van der Waals surface area (Å²) in [6.45, 7) is 0. The van der Waals surface area contributed by atoms with Crippen LogP contribution in [0.2, 0.25) is 0 Å². The van der Waals surface area contributed by atoms with Crippen molar-refractivity contribution in [2.75, 3.05) is 23.0 Å². The van der Waals surface area contributed by atoms with Crippen LogP contribution in [0.15, 0.2) is 0 Å². The summed E-state index contributed by atoms with van der Waals surface area (Å²) in [4.78, 5) is 6.60. The van der Waals surface area contributed by atoms with Gasteiger partial charge in [-0.3, -0.25) is 9.80 Å². The fraction of sp³-hybridized carbons (Fsp3) is 1.00. The predicted octanol–water partition coefficient (Wildman–Crippen LogP) is 8.88. The second kappa shape index (κ2) is 12.5. The lowest BCUT2D eigenvalue weighted by atomic mass is 9.46. The first kappa shape index (κ1) is 28.1. The molecule has 226 valence electrons. The summed E-state index contributed by atoms with van der Waals surface area (Å²) in [6, 6.07) is 5.55. The molecule has 10 unspecified atom stereocenters. The van der Waals surface area contributed by atoms with E-state index < -0.39 is 0 Å². The highest BCUT2D eigenvalue weighted by Gasteiger charge is 2.58. The Balaban J connectivity index is 1.08. The average Bonchev–Trinajstić information content (AvgIpc) is 3.74. The number of nitrogens with zero attached hydrogens (tertiary/aromatic N) is 2. The molecule has 40 heavy (non-hydrogen) atoms. The quantitative estimate of drug-likeness (QED) is 0.307. The van der Waals surface area contributed by atoms with Crippen molar-refractivity contribution in [3.8, 4) is 0 Å². The van der Waals surface area contributed by atoms with Crippen molar-refractivity contribution in [1.82, 2.24) is 9.80 Å². The van der Waals surface area contributed by atoms with Gasteiger partial charge in [-0.15, -0.1) is 0 Å². The lowest BCUT2D eigenvalue weighted by Crippen LogP contribution is -2.64. The van der Waals surface area contributed by atoms with E-state index in [9.17, 15) is 0 Å². The molecule has 8 aliphatic rings. The largest absolute Gasteiger partial charge is 0.293 e. The highest BCUT2D eigenvalue weighted by molar-refractivity contribution is 7.99. The predicted molar refractivity (Wildman–Crippen MR) is 174 cm³/mol. The molecule has 2 heterocycles. The Morgan fingerprint density at radius 3 is 1.20 bits per heavy atom. The van der Waals surface area contributed by atoms with Crippen LogP contribution in [0.3, 0.4) is 0 Å². The highest BCUT2D eigenvalue weighted by atomic mass is 32.2.